The van der Waals surface area contributed by atoms with E-state index in [4.69, 9.17) is 4.98 Å². The first kappa shape index (κ1) is 17.1. The lowest BCUT2D eigenvalue weighted by molar-refractivity contribution is 0.166. The molecular formula is C19H29N5. The van der Waals surface area contributed by atoms with Crippen LogP contribution in [-0.4, -0.2) is 43.8 Å². The van der Waals surface area contributed by atoms with Gasteiger partial charge in [0.2, 0.25) is 0 Å². The molecule has 1 saturated heterocycles. The molecule has 0 amide bonds. The molecule has 3 heterocycles. The second-order valence-corrected chi connectivity index (χ2v) is 7.09. The van der Waals surface area contributed by atoms with Gasteiger partial charge in [-0.2, -0.15) is 5.10 Å². The van der Waals surface area contributed by atoms with Crippen molar-refractivity contribution in [1.82, 2.24) is 24.6 Å². The van der Waals surface area contributed by atoms with Crippen LogP contribution in [0.4, 0.5) is 0 Å². The normalized spacial score (nSPS) is 19.1. The van der Waals surface area contributed by atoms with E-state index in [0.717, 1.165) is 36.7 Å². The van der Waals surface area contributed by atoms with Gasteiger partial charge in [0, 0.05) is 36.9 Å². The Morgan fingerprint density at radius 1 is 1.29 bits per heavy atom. The molecule has 24 heavy (non-hydrogen) atoms. The lowest BCUT2D eigenvalue weighted by Crippen LogP contribution is -2.39. The van der Waals surface area contributed by atoms with E-state index >= 15 is 0 Å². The van der Waals surface area contributed by atoms with E-state index < -0.39 is 0 Å². The van der Waals surface area contributed by atoms with Gasteiger partial charge in [-0.3, -0.25) is 4.68 Å². The lowest BCUT2D eigenvalue weighted by atomic mass is 9.93. The van der Waals surface area contributed by atoms with Crippen LogP contribution in [0.25, 0.3) is 11.4 Å². The molecule has 0 spiro atoms. The highest BCUT2D eigenvalue weighted by molar-refractivity contribution is 5.54. The molecule has 1 fully saturated rings. The minimum atomic E-state index is 0.504. The maximum Gasteiger partial charge on any atom is 0.126 e. The SMILES string of the molecule is CCCn1nccc1-c1cc([C@@H]2CCCN(C(C)C)C2)nc(C)n1. The van der Waals surface area contributed by atoms with E-state index in [0.29, 0.717) is 12.0 Å². The number of piperidine rings is 1. The van der Waals surface area contributed by atoms with E-state index in [2.05, 4.69) is 47.9 Å². The Bertz CT molecular complexity index is 676. The van der Waals surface area contributed by atoms with Gasteiger partial charge in [-0.15, -0.1) is 0 Å². The summed E-state index contributed by atoms with van der Waals surface area (Å²) in [5.74, 6) is 1.36. The number of hydrogen-bond donors (Lipinski definition) is 0. The van der Waals surface area contributed by atoms with E-state index in [1.807, 2.05) is 17.8 Å². The van der Waals surface area contributed by atoms with Gasteiger partial charge < -0.3 is 4.90 Å². The maximum atomic E-state index is 4.77. The smallest absolute Gasteiger partial charge is 0.126 e. The number of hydrogen-bond acceptors (Lipinski definition) is 4. The summed E-state index contributed by atoms with van der Waals surface area (Å²) in [5.41, 5.74) is 3.29. The van der Waals surface area contributed by atoms with Crippen molar-refractivity contribution in [1.29, 1.82) is 0 Å². The Morgan fingerprint density at radius 3 is 2.88 bits per heavy atom. The predicted molar refractivity (Wildman–Crippen MR) is 97.0 cm³/mol. The molecule has 130 valence electrons. The minimum Gasteiger partial charge on any atom is -0.300 e. The Labute approximate surface area is 145 Å². The summed E-state index contributed by atoms with van der Waals surface area (Å²) in [7, 11) is 0. The monoisotopic (exact) mass is 327 g/mol. The van der Waals surface area contributed by atoms with Gasteiger partial charge in [0.1, 0.15) is 5.82 Å². The Balaban J connectivity index is 1.90. The van der Waals surface area contributed by atoms with Crippen molar-refractivity contribution in [3.05, 3.63) is 29.8 Å². The third-order valence-electron chi connectivity index (χ3n) is 4.87. The highest BCUT2D eigenvalue weighted by Gasteiger charge is 2.25. The van der Waals surface area contributed by atoms with Gasteiger partial charge in [0.15, 0.2) is 0 Å². The van der Waals surface area contributed by atoms with Crippen LogP contribution in [0.5, 0.6) is 0 Å². The number of nitrogens with zero attached hydrogens (tertiary/aromatic N) is 5. The number of aryl methyl sites for hydroxylation is 2. The van der Waals surface area contributed by atoms with Crippen LogP contribution in [-0.2, 0) is 6.54 Å². The van der Waals surface area contributed by atoms with E-state index in [1.165, 1.54) is 25.1 Å². The van der Waals surface area contributed by atoms with Crippen molar-refractivity contribution in [2.75, 3.05) is 13.1 Å². The third-order valence-corrected chi connectivity index (χ3v) is 4.87. The van der Waals surface area contributed by atoms with Crippen molar-refractivity contribution < 1.29 is 0 Å². The Kier molecular flexibility index (Phi) is 5.29. The van der Waals surface area contributed by atoms with Crippen molar-refractivity contribution >= 4 is 0 Å². The summed E-state index contributed by atoms with van der Waals surface area (Å²) in [6, 6.07) is 4.84. The maximum absolute atomic E-state index is 4.77. The van der Waals surface area contributed by atoms with Gasteiger partial charge in [0.05, 0.1) is 11.4 Å². The zero-order chi connectivity index (χ0) is 17.1. The van der Waals surface area contributed by atoms with Gasteiger partial charge in [-0.1, -0.05) is 6.92 Å². The zero-order valence-corrected chi connectivity index (χ0v) is 15.4. The fourth-order valence-corrected chi connectivity index (χ4v) is 3.59. The topological polar surface area (TPSA) is 46.8 Å². The molecule has 1 atom stereocenters. The van der Waals surface area contributed by atoms with E-state index in [1.54, 1.807) is 0 Å². The first-order valence-corrected chi connectivity index (χ1v) is 9.20. The molecule has 0 saturated carbocycles. The van der Waals surface area contributed by atoms with Crippen LogP contribution in [0.15, 0.2) is 18.3 Å². The molecule has 0 N–H and O–H groups in total. The Hall–Kier alpha value is -1.75. The summed E-state index contributed by atoms with van der Waals surface area (Å²) in [4.78, 5) is 12.0. The highest BCUT2D eigenvalue weighted by atomic mass is 15.3. The fraction of sp³-hybridized carbons (Fsp3) is 0.632. The Morgan fingerprint density at radius 2 is 2.12 bits per heavy atom. The molecule has 5 heteroatoms. The van der Waals surface area contributed by atoms with Crippen LogP contribution in [0.1, 0.15) is 57.5 Å². The minimum absolute atomic E-state index is 0.504. The number of likely N-dealkylation sites (tertiary alicyclic amines) is 1. The fourth-order valence-electron chi connectivity index (χ4n) is 3.59. The molecule has 5 nitrogen and oxygen atoms in total. The molecule has 0 bridgehead atoms. The first-order valence-electron chi connectivity index (χ1n) is 9.20. The summed E-state index contributed by atoms with van der Waals surface area (Å²) >= 11 is 0. The standard InChI is InChI=1S/C19H29N5/c1-5-10-24-19(8-9-20-24)18-12-17(21-15(4)22-18)16-7-6-11-23(13-16)14(2)3/h8-9,12,14,16H,5-7,10-11,13H2,1-4H3/t16-/m1/s1. The second-order valence-electron chi connectivity index (χ2n) is 7.09. The van der Waals surface area contributed by atoms with Crippen molar-refractivity contribution in [3.63, 3.8) is 0 Å². The molecule has 0 aromatic carbocycles. The van der Waals surface area contributed by atoms with Gasteiger partial charge in [-0.05, 0) is 58.7 Å². The highest BCUT2D eigenvalue weighted by Crippen LogP contribution is 2.29. The van der Waals surface area contributed by atoms with Crippen LogP contribution in [0.3, 0.4) is 0 Å². The van der Waals surface area contributed by atoms with Crippen LogP contribution < -0.4 is 0 Å². The van der Waals surface area contributed by atoms with Gasteiger partial charge >= 0.3 is 0 Å². The van der Waals surface area contributed by atoms with Crippen LogP contribution in [0.2, 0.25) is 0 Å². The molecule has 2 aromatic heterocycles. The third kappa shape index (κ3) is 3.66. The molecular weight excluding hydrogens is 298 g/mol. The second kappa shape index (κ2) is 7.43. The van der Waals surface area contributed by atoms with E-state index in [9.17, 15) is 0 Å². The molecule has 0 aliphatic carbocycles. The predicted octanol–water partition coefficient (Wildman–Crippen LogP) is 3.65. The average molecular weight is 327 g/mol. The summed E-state index contributed by atoms with van der Waals surface area (Å²) in [6.07, 6.45) is 5.39. The molecule has 2 aromatic rings. The largest absolute Gasteiger partial charge is 0.300 e. The summed E-state index contributed by atoms with van der Waals surface area (Å²) in [6.45, 7) is 12.0. The number of aromatic nitrogens is 4. The zero-order valence-electron chi connectivity index (χ0n) is 15.4. The molecule has 1 aliphatic heterocycles. The van der Waals surface area contributed by atoms with Gasteiger partial charge in [0.25, 0.3) is 0 Å². The first-order chi connectivity index (χ1) is 11.6. The molecule has 0 unspecified atom stereocenters. The van der Waals surface area contributed by atoms with Gasteiger partial charge in [-0.25, -0.2) is 9.97 Å². The average Bonchev–Trinajstić information content (AvgIpc) is 3.03. The van der Waals surface area contributed by atoms with Crippen molar-refractivity contribution in [2.45, 2.75) is 65.5 Å². The summed E-state index contributed by atoms with van der Waals surface area (Å²) < 4.78 is 2.05. The number of rotatable bonds is 5. The van der Waals surface area contributed by atoms with Crippen LogP contribution in [0, 0.1) is 6.92 Å². The molecule has 0 radical (unpaired) electrons. The van der Waals surface area contributed by atoms with Crippen molar-refractivity contribution in [3.8, 4) is 11.4 Å². The quantitative estimate of drug-likeness (QED) is 0.841. The van der Waals surface area contributed by atoms with Crippen molar-refractivity contribution in [2.24, 2.45) is 0 Å². The van der Waals surface area contributed by atoms with E-state index in [-0.39, 0.29) is 0 Å². The molecule has 3 rings (SSSR count). The lowest BCUT2D eigenvalue weighted by Gasteiger charge is -2.35. The summed E-state index contributed by atoms with van der Waals surface area (Å²) in [5, 5.41) is 4.44. The van der Waals surface area contributed by atoms with Crippen LogP contribution >= 0.6 is 0 Å². The molecule has 1 aliphatic rings.